The van der Waals surface area contributed by atoms with E-state index >= 15 is 0 Å². The van der Waals surface area contributed by atoms with Crippen molar-refractivity contribution in [2.24, 2.45) is 23.7 Å². The Morgan fingerprint density at radius 3 is 2.27 bits per heavy atom. The Labute approximate surface area is 133 Å². The molecule has 0 saturated heterocycles. The molecule has 2 saturated carbocycles. The van der Waals surface area contributed by atoms with Crippen molar-refractivity contribution in [1.29, 1.82) is 0 Å². The first-order valence-electron chi connectivity index (χ1n) is 8.46. The van der Waals surface area contributed by atoms with E-state index in [0.29, 0.717) is 11.8 Å². The molecular weight excluding hydrogens is 282 g/mol. The standard InChI is InChI=1S/C17H31NO4/c1-9(2)14(19)13(18-16(21)22-17(3,4)5)12-10-6-7-11(8-10)15(12)20/h9-15,19-20H,6-8H2,1-5H3,(H,18,21)/t10-,11+,12-,13?,14-,15-/m1/s1. The fraction of sp³-hybridized carbons (Fsp3) is 0.941. The van der Waals surface area contributed by atoms with Crippen molar-refractivity contribution < 1.29 is 19.7 Å². The van der Waals surface area contributed by atoms with E-state index < -0.39 is 29.9 Å². The third-order valence-electron chi connectivity index (χ3n) is 5.08. The SMILES string of the molecule is CC(C)[C@@H](O)C(NC(=O)OC(C)(C)C)[C@H]1[C@@H]2CC[C@@H](C2)[C@H]1O. The zero-order chi connectivity index (χ0) is 16.7. The molecule has 2 bridgehead atoms. The van der Waals surface area contributed by atoms with Gasteiger partial charge in [0.1, 0.15) is 5.60 Å². The van der Waals surface area contributed by atoms with Gasteiger partial charge in [-0.1, -0.05) is 13.8 Å². The highest BCUT2D eigenvalue weighted by molar-refractivity contribution is 5.68. The second-order valence-corrected chi connectivity index (χ2v) is 8.31. The summed E-state index contributed by atoms with van der Waals surface area (Å²) in [6.45, 7) is 9.29. The molecule has 128 valence electrons. The Kier molecular flexibility index (Phi) is 5.07. The smallest absolute Gasteiger partial charge is 0.407 e. The molecule has 2 aliphatic rings. The molecule has 5 heteroatoms. The average Bonchev–Trinajstić information content (AvgIpc) is 2.94. The fourth-order valence-electron chi connectivity index (χ4n) is 4.08. The number of hydrogen-bond donors (Lipinski definition) is 3. The van der Waals surface area contributed by atoms with Crippen LogP contribution in [0.25, 0.3) is 0 Å². The Morgan fingerprint density at radius 2 is 1.82 bits per heavy atom. The summed E-state index contributed by atoms with van der Waals surface area (Å²) < 4.78 is 5.33. The lowest BCUT2D eigenvalue weighted by atomic mass is 9.77. The first-order valence-corrected chi connectivity index (χ1v) is 8.46. The van der Waals surface area contributed by atoms with E-state index in [9.17, 15) is 15.0 Å². The van der Waals surface area contributed by atoms with Crippen LogP contribution >= 0.6 is 0 Å². The van der Waals surface area contributed by atoms with Gasteiger partial charge in [0.15, 0.2) is 0 Å². The van der Waals surface area contributed by atoms with E-state index in [4.69, 9.17) is 4.74 Å². The highest BCUT2D eigenvalue weighted by Crippen LogP contribution is 2.50. The first kappa shape index (κ1) is 17.5. The molecule has 0 aromatic rings. The minimum atomic E-state index is -0.688. The molecule has 0 aromatic carbocycles. The minimum absolute atomic E-state index is 0.00580. The van der Waals surface area contributed by atoms with E-state index in [-0.39, 0.29) is 11.8 Å². The first-order chi connectivity index (χ1) is 10.1. The zero-order valence-corrected chi connectivity index (χ0v) is 14.4. The number of nitrogens with one attached hydrogen (secondary N) is 1. The second-order valence-electron chi connectivity index (χ2n) is 8.31. The molecule has 1 unspecified atom stereocenters. The number of alkyl carbamates (subject to hydrolysis) is 1. The molecule has 2 aliphatic carbocycles. The van der Waals surface area contributed by atoms with Gasteiger partial charge in [-0.15, -0.1) is 0 Å². The van der Waals surface area contributed by atoms with Crippen molar-refractivity contribution in [1.82, 2.24) is 5.32 Å². The number of amides is 1. The van der Waals surface area contributed by atoms with Crippen LogP contribution in [0.15, 0.2) is 0 Å². The summed E-state index contributed by atoms with van der Waals surface area (Å²) in [5, 5.41) is 23.9. The Balaban J connectivity index is 2.12. The number of aliphatic hydroxyl groups is 2. The lowest BCUT2D eigenvalue weighted by Crippen LogP contribution is -2.55. The largest absolute Gasteiger partial charge is 0.444 e. The number of carbonyl (C=O) groups excluding carboxylic acids is 1. The molecule has 0 aliphatic heterocycles. The Hall–Kier alpha value is -0.810. The molecule has 0 radical (unpaired) electrons. The molecule has 22 heavy (non-hydrogen) atoms. The summed E-state index contributed by atoms with van der Waals surface area (Å²) in [5.41, 5.74) is -0.579. The second kappa shape index (κ2) is 6.36. The van der Waals surface area contributed by atoms with Crippen LogP contribution in [0.1, 0.15) is 53.9 Å². The van der Waals surface area contributed by atoms with Crippen LogP contribution in [0.4, 0.5) is 4.79 Å². The van der Waals surface area contributed by atoms with Crippen molar-refractivity contribution in [3.63, 3.8) is 0 Å². The topological polar surface area (TPSA) is 78.8 Å². The van der Waals surface area contributed by atoms with Crippen LogP contribution < -0.4 is 5.32 Å². The quantitative estimate of drug-likeness (QED) is 0.744. The number of fused-ring (bicyclic) bond motifs is 2. The number of carbonyl (C=O) groups is 1. The zero-order valence-electron chi connectivity index (χ0n) is 14.4. The van der Waals surface area contributed by atoms with Crippen LogP contribution in [0.3, 0.4) is 0 Å². The maximum atomic E-state index is 12.1. The Morgan fingerprint density at radius 1 is 1.23 bits per heavy atom. The Bertz CT molecular complexity index is 402. The van der Waals surface area contributed by atoms with Gasteiger partial charge in [-0.2, -0.15) is 0 Å². The van der Waals surface area contributed by atoms with Crippen molar-refractivity contribution in [3.8, 4) is 0 Å². The lowest BCUT2D eigenvalue weighted by molar-refractivity contribution is -0.0206. The van der Waals surface area contributed by atoms with Gasteiger partial charge in [0, 0.05) is 5.92 Å². The average molecular weight is 313 g/mol. The molecular formula is C17H31NO4. The monoisotopic (exact) mass is 313 g/mol. The molecule has 2 rings (SSSR count). The van der Waals surface area contributed by atoms with Gasteiger partial charge in [0.2, 0.25) is 0 Å². The van der Waals surface area contributed by atoms with Gasteiger partial charge in [0.05, 0.1) is 18.2 Å². The van der Waals surface area contributed by atoms with E-state index in [2.05, 4.69) is 5.32 Å². The molecule has 3 N–H and O–H groups in total. The minimum Gasteiger partial charge on any atom is -0.444 e. The lowest BCUT2D eigenvalue weighted by Gasteiger charge is -2.38. The summed E-state index contributed by atoms with van der Waals surface area (Å²) in [7, 11) is 0. The predicted octanol–water partition coefficient (Wildman–Crippen LogP) is 2.30. The molecule has 5 nitrogen and oxygen atoms in total. The van der Waals surface area contributed by atoms with Gasteiger partial charge >= 0.3 is 6.09 Å². The maximum Gasteiger partial charge on any atom is 0.407 e. The van der Waals surface area contributed by atoms with Crippen molar-refractivity contribution in [2.45, 2.75) is 77.7 Å². The van der Waals surface area contributed by atoms with Crippen LogP contribution in [0.5, 0.6) is 0 Å². The van der Waals surface area contributed by atoms with Crippen molar-refractivity contribution >= 4 is 6.09 Å². The normalized spacial score (nSPS) is 33.8. The number of aliphatic hydroxyl groups excluding tert-OH is 2. The fourth-order valence-corrected chi connectivity index (χ4v) is 4.08. The predicted molar refractivity (Wildman–Crippen MR) is 84.3 cm³/mol. The van der Waals surface area contributed by atoms with Crippen molar-refractivity contribution in [2.75, 3.05) is 0 Å². The number of rotatable bonds is 4. The summed E-state index contributed by atoms with van der Waals surface area (Å²) in [4.78, 5) is 12.1. The molecule has 0 spiro atoms. The van der Waals surface area contributed by atoms with E-state index in [1.165, 1.54) is 0 Å². The van der Waals surface area contributed by atoms with Crippen molar-refractivity contribution in [3.05, 3.63) is 0 Å². The van der Waals surface area contributed by atoms with Gasteiger partial charge in [0.25, 0.3) is 0 Å². The summed E-state index contributed by atoms with van der Waals surface area (Å²) in [6, 6.07) is -0.458. The van der Waals surface area contributed by atoms with E-state index in [0.717, 1.165) is 19.3 Å². The van der Waals surface area contributed by atoms with Crippen LogP contribution in [-0.4, -0.2) is 40.2 Å². The van der Waals surface area contributed by atoms with Crippen LogP contribution in [0.2, 0.25) is 0 Å². The molecule has 0 heterocycles. The maximum absolute atomic E-state index is 12.1. The third kappa shape index (κ3) is 3.74. The van der Waals surface area contributed by atoms with E-state index in [1.54, 1.807) is 0 Å². The van der Waals surface area contributed by atoms with Gasteiger partial charge < -0.3 is 20.3 Å². The van der Waals surface area contributed by atoms with E-state index in [1.807, 2.05) is 34.6 Å². The van der Waals surface area contributed by atoms with Gasteiger partial charge in [-0.05, 0) is 57.8 Å². The van der Waals surface area contributed by atoms with Crippen LogP contribution in [-0.2, 0) is 4.74 Å². The summed E-state index contributed by atoms with van der Waals surface area (Å²) >= 11 is 0. The van der Waals surface area contributed by atoms with Crippen LogP contribution in [0, 0.1) is 23.7 Å². The highest BCUT2D eigenvalue weighted by atomic mass is 16.6. The van der Waals surface area contributed by atoms with Gasteiger partial charge in [-0.25, -0.2) is 4.79 Å². The summed E-state index contributed by atoms with van der Waals surface area (Å²) in [5.74, 6) is 0.626. The molecule has 2 fully saturated rings. The third-order valence-corrected chi connectivity index (χ3v) is 5.08. The summed E-state index contributed by atoms with van der Waals surface area (Å²) in [6.07, 6.45) is 1.48. The molecule has 6 atom stereocenters. The molecule has 1 amide bonds. The molecule has 0 aromatic heterocycles. The van der Waals surface area contributed by atoms with Gasteiger partial charge in [-0.3, -0.25) is 0 Å². The number of ether oxygens (including phenoxy) is 1. The highest BCUT2D eigenvalue weighted by Gasteiger charge is 2.52. The number of hydrogen-bond acceptors (Lipinski definition) is 4.